The highest BCUT2D eigenvalue weighted by Gasteiger charge is 2.21. The molecule has 4 rings (SSSR count). The van der Waals surface area contributed by atoms with Gasteiger partial charge in [-0.1, -0.05) is 29.7 Å². The summed E-state index contributed by atoms with van der Waals surface area (Å²) < 4.78 is 10.0. The van der Waals surface area contributed by atoms with Crippen LogP contribution in [0.25, 0.3) is 11.2 Å². The Kier molecular flexibility index (Phi) is 8.08. The maximum absolute atomic E-state index is 13.3. The van der Waals surface area contributed by atoms with Crippen LogP contribution in [0.3, 0.4) is 0 Å². The van der Waals surface area contributed by atoms with Crippen molar-refractivity contribution < 1.29 is 14.9 Å². The van der Waals surface area contributed by atoms with Gasteiger partial charge in [-0.3, -0.25) is 13.9 Å². The molecule has 9 nitrogen and oxygen atoms in total. The lowest BCUT2D eigenvalue weighted by atomic mass is 9.95. The highest BCUT2D eigenvalue weighted by Crippen LogP contribution is 2.21. The van der Waals surface area contributed by atoms with E-state index in [1.165, 1.54) is 4.57 Å². The first-order valence-corrected chi connectivity index (χ1v) is 12.1. The number of benzene rings is 1. The first kappa shape index (κ1) is 25.2. The molecule has 2 N–H and O–H groups in total. The SMILES string of the molecule is Cn1c(=O)n(CCCO)c(=O)c2c1nc(C#CCOC1CCC(O)CC1)n2Cc1ccc(Cl)cc1. The number of rotatable bonds is 7. The van der Waals surface area contributed by atoms with Gasteiger partial charge in [0.25, 0.3) is 5.56 Å². The number of fused-ring (bicyclic) bond motifs is 1. The van der Waals surface area contributed by atoms with Crippen LogP contribution < -0.4 is 11.2 Å². The molecular formula is C25H29ClN4O5. The molecule has 1 aliphatic rings. The second-order valence-corrected chi connectivity index (χ2v) is 9.18. The molecule has 3 aromatic rings. The average Bonchev–Trinajstić information content (AvgIpc) is 3.21. The van der Waals surface area contributed by atoms with E-state index in [0.29, 0.717) is 17.4 Å². The maximum atomic E-state index is 13.3. The van der Waals surface area contributed by atoms with E-state index in [1.54, 1.807) is 23.7 Å². The summed E-state index contributed by atoms with van der Waals surface area (Å²) in [5.74, 6) is 6.36. The lowest BCUT2D eigenvalue weighted by molar-refractivity contribution is 0.0111. The second kappa shape index (κ2) is 11.2. The van der Waals surface area contributed by atoms with E-state index in [4.69, 9.17) is 16.3 Å². The molecule has 0 unspecified atom stereocenters. The number of hydrogen-bond acceptors (Lipinski definition) is 6. The van der Waals surface area contributed by atoms with Crippen LogP contribution in [0, 0.1) is 11.8 Å². The van der Waals surface area contributed by atoms with Crippen molar-refractivity contribution in [3.05, 3.63) is 61.5 Å². The molecule has 0 radical (unpaired) electrons. The molecule has 0 aliphatic heterocycles. The van der Waals surface area contributed by atoms with Crippen LogP contribution in [0.5, 0.6) is 0 Å². The molecule has 0 spiro atoms. The highest BCUT2D eigenvalue weighted by molar-refractivity contribution is 6.30. The van der Waals surface area contributed by atoms with Gasteiger partial charge in [0.05, 0.1) is 18.8 Å². The second-order valence-electron chi connectivity index (χ2n) is 8.74. The molecule has 10 heteroatoms. The zero-order valence-electron chi connectivity index (χ0n) is 19.6. The van der Waals surface area contributed by atoms with Crippen molar-refractivity contribution >= 4 is 22.8 Å². The normalized spacial score (nSPS) is 17.9. The van der Waals surface area contributed by atoms with Crippen LogP contribution in [-0.2, 0) is 24.9 Å². The number of aliphatic hydroxyl groups is 2. The number of aryl methyl sites for hydroxylation is 1. The van der Waals surface area contributed by atoms with E-state index in [1.807, 2.05) is 12.1 Å². The Morgan fingerprint density at radius 3 is 2.54 bits per heavy atom. The minimum absolute atomic E-state index is 0.0696. The molecular weight excluding hydrogens is 472 g/mol. The van der Waals surface area contributed by atoms with E-state index >= 15 is 0 Å². The molecule has 1 aromatic carbocycles. The van der Waals surface area contributed by atoms with E-state index < -0.39 is 11.2 Å². The summed E-state index contributed by atoms with van der Waals surface area (Å²) in [7, 11) is 1.57. The predicted octanol–water partition coefficient (Wildman–Crippen LogP) is 1.65. The molecule has 1 aliphatic carbocycles. The fraction of sp³-hybridized carbons (Fsp3) is 0.480. The average molecular weight is 501 g/mol. The topological polar surface area (TPSA) is 112 Å². The fourth-order valence-electron chi connectivity index (χ4n) is 4.31. The fourth-order valence-corrected chi connectivity index (χ4v) is 4.43. The summed E-state index contributed by atoms with van der Waals surface area (Å²) >= 11 is 6.03. The molecule has 186 valence electrons. The largest absolute Gasteiger partial charge is 0.396 e. The zero-order chi connectivity index (χ0) is 24.9. The zero-order valence-corrected chi connectivity index (χ0v) is 20.4. The minimum atomic E-state index is -0.491. The standard InChI is InChI=1S/C25H29ClN4O5/c1-28-23-22(24(33)29(25(28)34)13-3-14-31)30(16-17-5-7-18(26)8-6-17)21(27-23)4-2-15-35-20-11-9-19(32)10-12-20/h5-8,19-20,31-32H,3,9-16H2,1H3. The van der Waals surface area contributed by atoms with Gasteiger partial charge in [0.15, 0.2) is 17.0 Å². The maximum Gasteiger partial charge on any atom is 0.332 e. The Balaban J connectivity index is 1.72. The molecule has 0 amide bonds. The summed E-state index contributed by atoms with van der Waals surface area (Å²) in [4.78, 5) is 30.7. The number of aromatic nitrogens is 4. The smallest absolute Gasteiger partial charge is 0.332 e. The van der Waals surface area contributed by atoms with Crippen LogP contribution in [0.2, 0.25) is 5.02 Å². The van der Waals surface area contributed by atoms with Crippen LogP contribution in [0.1, 0.15) is 43.5 Å². The number of imidazole rings is 1. The Labute approximate surface area is 207 Å². The van der Waals surface area contributed by atoms with E-state index in [2.05, 4.69) is 16.8 Å². The number of halogens is 1. The van der Waals surface area contributed by atoms with Crippen molar-refractivity contribution in [3.8, 4) is 11.8 Å². The van der Waals surface area contributed by atoms with Gasteiger partial charge in [-0.05, 0) is 55.7 Å². The van der Waals surface area contributed by atoms with Gasteiger partial charge in [-0.15, -0.1) is 0 Å². The van der Waals surface area contributed by atoms with Crippen molar-refractivity contribution in [2.75, 3.05) is 13.2 Å². The summed E-state index contributed by atoms with van der Waals surface area (Å²) in [6.45, 7) is 0.487. The first-order chi connectivity index (χ1) is 16.9. The lowest BCUT2D eigenvalue weighted by Gasteiger charge is -2.24. The molecule has 0 bridgehead atoms. The molecule has 2 heterocycles. The minimum Gasteiger partial charge on any atom is -0.396 e. The monoisotopic (exact) mass is 500 g/mol. The summed E-state index contributed by atoms with van der Waals surface area (Å²) in [6.07, 6.45) is 3.16. The van der Waals surface area contributed by atoms with E-state index in [-0.39, 0.29) is 49.6 Å². The van der Waals surface area contributed by atoms with Gasteiger partial charge >= 0.3 is 5.69 Å². The molecule has 2 aromatic heterocycles. The van der Waals surface area contributed by atoms with Crippen molar-refractivity contribution in [2.24, 2.45) is 7.05 Å². The Morgan fingerprint density at radius 2 is 1.86 bits per heavy atom. The van der Waals surface area contributed by atoms with Crippen molar-refractivity contribution in [1.82, 2.24) is 18.7 Å². The number of hydrogen-bond donors (Lipinski definition) is 2. The van der Waals surface area contributed by atoms with Crippen molar-refractivity contribution in [3.63, 3.8) is 0 Å². The third-order valence-electron chi connectivity index (χ3n) is 6.26. The summed E-state index contributed by atoms with van der Waals surface area (Å²) in [5.41, 5.74) is 0.452. The summed E-state index contributed by atoms with van der Waals surface area (Å²) in [6, 6.07) is 7.26. The predicted molar refractivity (Wildman–Crippen MR) is 133 cm³/mol. The van der Waals surface area contributed by atoms with Gasteiger partial charge < -0.3 is 19.5 Å². The number of aliphatic hydroxyl groups excluding tert-OH is 2. The molecule has 35 heavy (non-hydrogen) atoms. The van der Waals surface area contributed by atoms with Crippen LogP contribution in [0.15, 0.2) is 33.9 Å². The van der Waals surface area contributed by atoms with E-state index in [9.17, 15) is 19.8 Å². The Hall–Kier alpha value is -2.90. The third kappa shape index (κ3) is 5.68. The molecule has 0 saturated heterocycles. The van der Waals surface area contributed by atoms with Gasteiger partial charge in [-0.2, -0.15) is 0 Å². The highest BCUT2D eigenvalue weighted by atomic mass is 35.5. The molecule has 1 fully saturated rings. The van der Waals surface area contributed by atoms with Gasteiger partial charge in [0, 0.05) is 25.2 Å². The number of ether oxygens (including phenoxy) is 1. The molecule has 1 saturated carbocycles. The molecule has 0 atom stereocenters. The Morgan fingerprint density at radius 1 is 1.14 bits per heavy atom. The van der Waals surface area contributed by atoms with Crippen LogP contribution in [-0.4, -0.2) is 54.3 Å². The van der Waals surface area contributed by atoms with Crippen LogP contribution in [0.4, 0.5) is 0 Å². The van der Waals surface area contributed by atoms with Crippen molar-refractivity contribution in [1.29, 1.82) is 0 Å². The van der Waals surface area contributed by atoms with Gasteiger partial charge in [-0.25, -0.2) is 9.78 Å². The van der Waals surface area contributed by atoms with Crippen molar-refractivity contribution in [2.45, 2.75) is 57.4 Å². The quantitative estimate of drug-likeness (QED) is 0.477. The first-order valence-electron chi connectivity index (χ1n) is 11.7. The van der Waals surface area contributed by atoms with E-state index in [0.717, 1.165) is 35.8 Å². The summed E-state index contributed by atoms with van der Waals surface area (Å²) in [5, 5.41) is 19.5. The van der Waals surface area contributed by atoms with Gasteiger partial charge in [0.2, 0.25) is 0 Å². The Bertz CT molecular complexity index is 1360. The third-order valence-corrected chi connectivity index (χ3v) is 6.51. The lowest BCUT2D eigenvalue weighted by Crippen LogP contribution is -2.40. The van der Waals surface area contributed by atoms with Gasteiger partial charge in [0.1, 0.15) is 6.61 Å². The number of nitrogens with zero attached hydrogens (tertiary/aromatic N) is 4. The van der Waals surface area contributed by atoms with Crippen LogP contribution >= 0.6 is 11.6 Å².